The van der Waals surface area contributed by atoms with E-state index in [-0.39, 0.29) is 0 Å². The van der Waals surface area contributed by atoms with Gasteiger partial charge in [0, 0.05) is 0 Å². The van der Waals surface area contributed by atoms with Crippen LogP contribution in [-0.2, 0) is 0 Å². The minimum atomic E-state index is 0.444. The van der Waals surface area contributed by atoms with Crippen molar-refractivity contribution in [1.29, 1.82) is 0 Å². The highest BCUT2D eigenvalue weighted by Crippen LogP contribution is 2.45. The summed E-state index contributed by atoms with van der Waals surface area (Å²) in [4.78, 5) is 0. The summed E-state index contributed by atoms with van der Waals surface area (Å²) < 4.78 is 0. The van der Waals surface area contributed by atoms with Gasteiger partial charge in [-0.2, -0.15) is 0 Å². The first-order chi connectivity index (χ1) is 5.66. The number of hydrogen-bond donors (Lipinski definition) is 0. The van der Waals surface area contributed by atoms with Crippen LogP contribution in [0.4, 0.5) is 0 Å². The van der Waals surface area contributed by atoms with Gasteiger partial charge >= 0.3 is 0 Å². The molecular formula is C13H28. The van der Waals surface area contributed by atoms with Gasteiger partial charge in [0.2, 0.25) is 0 Å². The van der Waals surface area contributed by atoms with Crippen molar-refractivity contribution in [1.82, 2.24) is 0 Å². The molecule has 0 aromatic carbocycles. The van der Waals surface area contributed by atoms with E-state index >= 15 is 0 Å². The van der Waals surface area contributed by atoms with E-state index in [1.807, 2.05) is 0 Å². The van der Waals surface area contributed by atoms with Gasteiger partial charge in [0.05, 0.1) is 0 Å². The molecule has 0 aliphatic heterocycles. The first-order valence-electron chi connectivity index (χ1n) is 5.66. The van der Waals surface area contributed by atoms with Crippen LogP contribution >= 0.6 is 0 Å². The molecule has 0 saturated heterocycles. The molecule has 0 aliphatic rings. The van der Waals surface area contributed by atoms with Gasteiger partial charge in [0.1, 0.15) is 0 Å². The molecule has 0 aliphatic carbocycles. The van der Waals surface area contributed by atoms with Crippen LogP contribution in [0.1, 0.15) is 61.8 Å². The molecule has 80 valence electrons. The van der Waals surface area contributed by atoms with Crippen LogP contribution in [0, 0.1) is 22.7 Å². The Balaban J connectivity index is 4.67. The summed E-state index contributed by atoms with van der Waals surface area (Å²) in [6, 6.07) is 0. The fourth-order valence-corrected chi connectivity index (χ4v) is 1.81. The van der Waals surface area contributed by atoms with Crippen molar-refractivity contribution >= 4 is 0 Å². The third-order valence-electron chi connectivity index (χ3n) is 4.69. The van der Waals surface area contributed by atoms with Gasteiger partial charge in [-0.15, -0.1) is 0 Å². The highest BCUT2D eigenvalue weighted by Gasteiger charge is 2.37. The van der Waals surface area contributed by atoms with E-state index in [9.17, 15) is 0 Å². The van der Waals surface area contributed by atoms with E-state index in [2.05, 4.69) is 55.4 Å². The maximum Gasteiger partial charge on any atom is -0.0300 e. The van der Waals surface area contributed by atoms with E-state index < -0.39 is 0 Å². The van der Waals surface area contributed by atoms with Crippen molar-refractivity contribution in [3.8, 4) is 0 Å². The molecule has 0 aromatic rings. The molecule has 0 N–H and O–H groups in total. The first kappa shape index (κ1) is 13.0. The Kier molecular flexibility index (Phi) is 4.02. The third-order valence-corrected chi connectivity index (χ3v) is 4.69. The molecule has 1 unspecified atom stereocenters. The van der Waals surface area contributed by atoms with Gasteiger partial charge in [0.15, 0.2) is 0 Å². The smallest absolute Gasteiger partial charge is 0.0300 e. The van der Waals surface area contributed by atoms with Crippen molar-refractivity contribution in [2.75, 3.05) is 0 Å². The number of hydrogen-bond acceptors (Lipinski definition) is 0. The molecule has 0 saturated carbocycles. The summed E-state index contributed by atoms with van der Waals surface area (Å²) in [5, 5.41) is 0. The summed E-state index contributed by atoms with van der Waals surface area (Å²) in [7, 11) is 0. The van der Waals surface area contributed by atoms with E-state index in [4.69, 9.17) is 0 Å². The van der Waals surface area contributed by atoms with Crippen LogP contribution in [-0.4, -0.2) is 0 Å². The van der Waals surface area contributed by atoms with E-state index in [0.29, 0.717) is 10.8 Å². The Hall–Kier alpha value is 0. The fraction of sp³-hybridized carbons (Fsp3) is 1.00. The summed E-state index contributed by atoms with van der Waals surface area (Å²) >= 11 is 0. The van der Waals surface area contributed by atoms with Crippen LogP contribution in [0.25, 0.3) is 0 Å². The van der Waals surface area contributed by atoms with Crippen molar-refractivity contribution < 1.29 is 0 Å². The zero-order chi connectivity index (χ0) is 10.9. The quantitative estimate of drug-likeness (QED) is 0.592. The van der Waals surface area contributed by atoms with Gasteiger partial charge < -0.3 is 0 Å². The van der Waals surface area contributed by atoms with Gasteiger partial charge in [-0.1, -0.05) is 61.8 Å². The lowest BCUT2D eigenvalue weighted by atomic mass is 9.61. The third kappa shape index (κ3) is 2.72. The maximum atomic E-state index is 2.41. The molecule has 0 heteroatoms. The highest BCUT2D eigenvalue weighted by molar-refractivity contribution is 4.87. The second kappa shape index (κ2) is 4.02. The second-order valence-corrected chi connectivity index (χ2v) is 6.04. The summed E-state index contributed by atoms with van der Waals surface area (Å²) in [6.45, 7) is 19.0. The lowest BCUT2D eigenvalue weighted by molar-refractivity contribution is 0.0457. The molecule has 0 spiro atoms. The molecule has 13 heavy (non-hydrogen) atoms. The predicted molar refractivity (Wildman–Crippen MR) is 61.9 cm³/mol. The molecule has 1 atom stereocenters. The largest absolute Gasteiger partial charge is 0.0649 e. The van der Waals surface area contributed by atoms with E-state index in [1.54, 1.807) is 0 Å². The van der Waals surface area contributed by atoms with Crippen LogP contribution in [0.3, 0.4) is 0 Å². The van der Waals surface area contributed by atoms with E-state index in [1.165, 1.54) is 6.42 Å². The van der Waals surface area contributed by atoms with Crippen molar-refractivity contribution in [2.45, 2.75) is 61.8 Å². The molecule has 0 fully saturated rings. The Morgan fingerprint density at radius 3 is 1.54 bits per heavy atom. The minimum absolute atomic E-state index is 0.444. The van der Waals surface area contributed by atoms with E-state index in [0.717, 1.165) is 11.8 Å². The topological polar surface area (TPSA) is 0 Å². The monoisotopic (exact) mass is 184 g/mol. The molecule has 0 aromatic heterocycles. The first-order valence-corrected chi connectivity index (χ1v) is 5.66. The Morgan fingerprint density at radius 1 is 0.923 bits per heavy atom. The lowest BCUT2D eigenvalue weighted by Crippen LogP contribution is -2.37. The standard InChI is InChI=1S/C13H28/c1-9-12(5,6)11(4)13(7,8)10(2)3/h10-11H,9H2,1-8H3. The number of rotatable bonds is 4. The van der Waals surface area contributed by atoms with Gasteiger partial charge in [-0.05, 0) is 22.7 Å². The SMILES string of the molecule is CCC(C)(C)C(C)C(C)(C)C(C)C. The molecular weight excluding hydrogens is 156 g/mol. The summed E-state index contributed by atoms with van der Waals surface area (Å²) in [6.07, 6.45) is 1.27. The lowest BCUT2D eigenvalue weighted by Gasteiger charge is -2.45. The Bertz CT molecular complexity index is 151. The highest BCUT2D eigenvalue weighted by atomic mass is 14.4. The normalized spacial score (nSPS) is 16.4. The average Bonchev–Trinajstić information content (AvgIpc) is 2.02. The molecule has 0 nitrogen and oxygen atoms in total. The van der Waals surface area contributed by atoms with Crippen LogP contribution in [0.2, 0.25) is 0 Å². The minimum Gasteiger partial charge on any atom is -0.0649 e. The second-order valence-electron chi connectivity index (χ2n) is 6.04. The van der Waals surface area contributed by atoms with Crippen molar-refractivity contribution in [3.63, 3.8) is 0 Å². The van der Waals surface area contributed by atoms with Crippen LogP contribution < -0.4 is 0 Å². The summed E-state index contributed by atoms with van der Waals surface area (Å²) in [5.41, 5.74) is 0.910. The molecule has 0 amide bonds. The van der Waals surface area contributed by atoms with Gasteiger partial charge in [-0.25, -0.2) is 0 Å². The molecule has 0 rings (SSSR count). The van der Waals surface area contributed by atoms with Crippen molar-refractivity contribution in [3.05, 3.63) is 0 Å². The molecule has 0 bridgehead atoms. The van der Waals surface area contributed by atoms with Gasteiger partial charge in [-0.3, -0.25) is 0 Å². The van der Waals surface area contributed by atoms with Crippen LogP contribution in [0.15, 0.2) is 0 Å². The summed E-state index contributed by atoms with van der Waals surface area (Å²) in [5.74, 6) is 1.53. The maximum absolute atomic E-state index is 2.41. The fourth-order valence-electron chi connectivity index (χ4n) is 1.81. The van der Waals surface area contributed by atoms with Crippen molar-refractivity contribution in [2.24, 2.45) is 22.7 Å². The Labute approximate surface area is 85.1 Å². The molecule has 0 heterocycles. The zero-order valence-corrected chi connectivity index (χ0v) is 10.9. The average molecular weight is 184 g/mol. The van der Waals surface area contributed by atoms with Crippen LogP contribution in [0.5, 0.6) is 0 Å². The van der Waals surface area contributed by atoms with Gasteiger partial charge in [0.25, 0.3) is 0 Å². The zero-order valence-electron chi connectivity index (χ0n) is 10.9. The Morgan fingerprint density at radius 2 is 1.31 bits per heavy atom. The predicted octanol–water partition coefficient (Wildman–Crippen LogP) is 4.74. The molecule has 0 radical (unpaired) electrons.